The maximum atomic E-state index is 13.6. The van der Waals surface area contributed by atoms with Gasteiger partial charge in [0.25, 0.3) is 0 Å². The molecule has 1 unspecified atom stereocenters. The molecule has 1 heterocycles. The van der Waals surface area contributed by atoms with Crippen molar-refractivity contribution in [2.24, 2.45) is 0 Å². The summed E-state index contributed by atoms with van der Waals surface area (Å²) in [5, 5.41) is 24.3. The third-order valence-electron chi connectivity index (χ3n) is 4.25. The largest absolute Gasteiger partial charge is 0.444 e. The lowest BCUT2D eigenvalue weighted by Gasteiger charge is -2.35. The Balaban J connectivity index is 1.94. The van der Waals surface area contributed by atoms with Crippen LogP contribution in [0.25, 0.3) is 0 Å². The summed E-state index contributed by atoms with van der Waals surface area (Å²) in [6.07, 6.45) is 0.165. The number of amides is 1. The Morgan fingerprint density at radius 2 is 2.04 bits per heavy atom. The number of hydrogen-bond donors (Lipinski definition) is 4. The van der Waals surface area contributed by atoms with Gasteiger partial charge in [0.05, 0.1) is 24.1 Å². The van der Waals surface area contributed by atoms with E-state index in [2.05, 4.69) is 15.5 Å². The molecule has 4 N–H and O–H groups in total. The summed E-state index contributed by atoms with van der Waals surface area (Å²) in [7, 11) is 0. The SMILES string of the molecule is CC(C)(C)OC(=O)NC1CCN(c2ccc(F)cc2NCC(O)CO)CC1. The highest BCUT2D eigenvalue weighted by Crippen LogP contribution is 2.29. The first kappa shape index (κ1) is 21.2. The second-order valence-electron chi connectivity index (χ2n) is 7.79. The van der Waals surface area contributed by atoms with Crippen molar-refractivity contribution in [2.45, 2.75) is 51.4 Å². The minimum atomic E-state index is -0.912. The van der Waals surface area contributed by atoms with Crippen LogP contribution in [0.2, 0.25) is 0 Å². The van der Waals surface area contributed by atoms with E-state index in [4.69, 9.17) is 9.84 Å². The maximum Gasteiger partial charge on any atom is 0.407 e. The van der Waals surface area contributed by atoms with E-state index in [0.29, 0.717) is 18.8 Å². The molecular weight excluding hydrogens is 353 g/mol. The predicted molar refractivity (Wildman–Crippen MR) is 103 cm³/mol. The molecule has 0 saturated carbocycles. The Bertz CT molecular complexity index is 628. The summed E-state index contributed by atoms with van der Waals surface area (Å²) < 4.78 is 18.9. The predicted octanol–water partition coefficient (Wildman–Crippen LogP) is 2.08. The zero-order valence-electron chi connectivity index (χ0n) is 16.2. The molecule has 1 aliphatic heterocycles. The number of halogens is 1. The quantitative estimate of drug-likeness (QED) is 0.601. The molecule has 0 spiro atoms. The van der Waals surface area contributed by atoms with Gasteiger partial charge >= 0.3 is 6.09 Å². The van der Waals surface area contributed by atoms with E-state index in [0.717, 1.165) is 18.5 Å². The van der Waals surface area contributed by atoms with E-state index < -0.39 is 17.8 Å². The van der Waals surface area contributed by atoms with Crippen molar-refractivity contribution in [3.05, 3.63) is 24.0 Å². The summed E-state index contributed by atoms with van der Waals surface area (Å²) in [6, 6.07) is 4.51. The molecule has 7 nitrogen and oxygen atoms in total. The number of nitrogens with one attached hydrogen (secondary N) is 2. The number of aliphatic hydroxyl groups excluding tert-OH is 2. The van der Waals surface area contributed by atoms with Crippen molar-refractivity contribution >= 4 is 17.5 Å². The van der Waals surface area contributed by atoms with Gasteiger partial charge in [0.1, 0.15) is 11.4 Å². The second kappa shape index (κ2) is 9.23. The normalized spacial score (nSPS) is 16.7. The van der Waals surface area contributed by atoms with Crippen LogP contribution in [0.15, 0.2) is 18.2 Å². The van der Waals surface area contributed by atoms with Crippen LogP contribution in [0.5, 0.6) is 0 Å². The number of anilines is 2. The van der Waals surface area contributed by atoms with Crippen LogP contribution in [-0.4, -0.2) is 60.3 Å². The average molecular weight is 383 g/mol. The fourth-order valence-corrected chi connectivity index (χ4v) is 2.96. The average Bonchev–Trinajstić information content (AvgIpc) is 2.59. The molecule has 1 fully saturated rings. The Hall–Kier alpha value is -2.06. The third kappa shape index (κ3) is 6.88. The fraction of sp³-hybridized carbons (Fsp3) is 0.632. The van der Waals surface area contributed by atoms with Gasteiger partial charge in [0.15, 0.2) is 0 Å². The third-order valence-corrected chi connectivity index (χ3v) is 4.25. The summed E-state index contributed by atoms with van der Waals surface area (Å²) in [4.78, 5) is 14.0. The van der Waals surface area contributed by atoms with Crippen LogP contribution in [-0.2, 0) is 4.74 Å². The maximum absolute atomic E-state index is 13.6. The van der Waals surface area contributed by atoms with Crippen LogP contribution in [0.3, 0.4) is 0 Å². The smallest absolute Gasteiger partial charge is 0.407 e. The molecule has 8 heteroatoms. The number of nitrogens with zero attached hydrogens (tertiary/aromatic N) is 1. The van der Waals surface area contributed by atoms with Crippen molar-refractivity contribution in [2.75, 3.05) is 36.5 Å². The molecule has 1 saturated heterocycles. The minimum Gasteiger partial charge on any atom is -0.444 e. The van der Waals surface area contributed by atoms with Gasteiger partial charge in [-0.25, -0.2) is 9.18 Å². The first-order chi connectivity index (χ1) is 12.7. The van der Waals surface area contributed by atoms with Crippen molar-refractivity contribution < 1.29 is 24.1 Å². The van der Waals surface area contributed by atoms with Gasteiger partial charge in [-0.1, -0.05) is 0 Å². The van der Waals surface area contributed by atoms with Crippen LogP contribution in [0.4, 0.5) is 20.6 Å². The van der Waals surface area contributed by atoms with Crippen LogP contribution >= 0.6 is 0 Å². The van der Waals surface area contributed by atoms with E-state index in [9.17, 15) is 14.3 Å². The summed E-state index contributed by atoms with van der Waals surface area (Å²) >= 11 is 0. The molecule has 1 aromatic rings. The number of benzene rings is 1. The zero-order chi connectivity index (χ0) is 20.0. The number of rotatable bonds is 6. The molecule has 1 atom stereocenters. The number of carbonyl (C=O) groups excluding carboxylic acids is 1. The van der Waals surface area contributed by atoms with Gasteiger partial charge < -0.3 is 30.5 Å². The molecule has 1 aromatic carbocycles. The summed E-state index contributed by atoms with van der Waals surface area (Å²) in [5.41, 5.74) is 0.872. The van der Waals surface area contributed by atoms with Crippen molar-refractivity contribution in [1.82, 2.24) is 5.32 Å². The molecule has 152 valence electrons. The van der Waals surface area contributed by atoms with Crippen LogP contribution < -0.4 is 15.5 Å². The molecular formula is C19H30FN3O4. The lowest BCUT2D eigenvalue weighted by molar-refractivity contribution is 0.0497. The second-order valence-corrected chi connectivity index (χ2v) is 7.79. The zero-order valence-corrected chi connectivity index (χ0v) is 16.2. The Morgan fingerprint density at radius 1 is 1.37 bits per heavy atom. The van der Waals surface area contributed by atoms with Gasteiger partial charge in [-0.2, -0.15) is 0 Å². The van der Waals surface area contributed by atoms with Gasteiger partial charge in [0, 0.05) is 25.7 Å². The molecule has 0 aromatic heterocycles. The van der Waals surface area contributed by atoms with E-state index in [1.54, 1.807) is 6.07 Å². The molecule has 1 amide bonds. The van der Waals surface area contributed by atoms with Crippen molar-refractivity contribution in [1.29, 1.82) is 0 Å². The lowest BCUT2D eigenvalue weighted by Crippen LogP contribution is -2.46. The minimum absolute atomic E-state index is 0.0316. The van der Waals surface area contributed by atoms with Crippen LogP contribution in [0, 0.1) is 5.82 Å². The molecule has 0 aliphatic carbocycles. The number of hydrogen-bond acceptors (Lipinski definition) is 6. The highest BCUT2D eigenvalue weighted by atomic mass is 19.1. The standard InChI is InChI=1S/C19H30FN3O4/c1-19(2,3)27-18(26)22-14-6-8-23(9-7-14)17-5-4-13(20)10-16(17)21-11-15(25)12-24/h4-5,10,14-15,21,24-25H,6-9,11-12H2,1-3H3,(H,22,26). The fourth-order valence-electron chi connectivity index (χ4n) is 2.96. The Labute approximate surface area is 159 Å². The molecule has 27 heavy (non-hydrogen) atoms. The number of carbonyl (C=O) groups is 1. The topological polar surface area (TPSA) is 94.1 Å². The Kier molecular flexibility index (Phi) is 7.26. The van der Waals surface area contributed by atoms with Crippen LogP contribution in [0.1, 0.15) is 33.6 Å². The van der Waals surface area contributed by atoms with Crippen molar-refractivity contribution in [3.8, 4) is 0 Å². The molecule has 0 radical (unpaired) electrons. The molecule has 2 rings (SSSR count). The first-order valence-corrected chi connectivity index (χ1v) is 9.25. The van der Waals surface area contributed by atoms with Gasteiger partial charge in [-0.3, -0.25) is 0 Å². The monoisotopic (exact) mass is 383 g/mol. The van der Waals surface area contributed by atoms with Crippen molar-refractivity contribution in [3.63, 3.8) is 0 Å². The molecule has 1 aliphatic rings. The van der Waals surface area contributed by atoms with E-state index >= 15 is 0 Å². The highest BCUT2D eigenvalue weighted by Gasteiger charge is 2.25. The van der Waals surface area contributed by atoms with Gasteiger partial charge in [-0.05, 0) is 51.8 Å². The summed E-state index contributed by atoms with van der Waals surface area (Å²) in [5.74, 6) is -0.374. The molecule has 0 bridgehead atoms. The van der Waals surface area contributed by atoms with Gasteiger partial charge in [0.2, 0.25) is 0 Å². The summed E-state index contributed by atoms with van der Waals surface area (Å²) in [6.45, 7) is 6.64. The number of ether oxygens (including phenoxy) is 1. The van der Waals surface area contributed by atoms with E-state index in [1.165, 1.54) is 12.1 Å². The number of aliphatic hydroxyl groups is 2. The van der Waals surface area contributed by atoms with E-state index in [-0.39, 0.29) is 25.0 Å². The van der Waals surface area contributed by atoms with Gasteiger partial charge in [-0.15, -0.1) is 0 Å². The van der Waals surface area contributed by atoms with E-state index in [1.807, 2.05) is 20.8 Å². The lowest BCUT2D eigenvalue weighted by atomic mass is 10.0. The first-order valence-electron chi connectivity index (χ1n) is 9.25. The Morgan fingerprint density at radius 3 is 2.63 bits per heavy atom. The number of alkyl carbamates (subject to hydrolysis) is 1. The highest BCUT2D eigenvalue weighted by molar-refractivity contribution is 5.71. The number of piperidine rings is 1.